The summed E-state index contributed by atoms with van der Waals surface area (Å²) < 4.78 is 16.7. The number of nitrogens with zero attached hydrogens (tertiary/aromatic N) is 1. The first-order valence-electron chi connectivity index (χ1n) is 7.49. The molecule has 0 spiro atoms. The monoisotopic (exact) mass is 515 g/mol. The lowest BCUT2D eigenvalue weighted by Gasteiger charge is -2.17. The van der Waals surface area contributed by atoms with Gasteiger partial charge in [0.2, 0.25) is 0 Å². The second-order valence-electron chi connectivity index (χ2n) is 5.01. The number of nitrogens with one attached hydrogen (secondary N) is 2. The van der Waals surface area contributed by atoms with Crippen LogP contribution >= 0.6 is 39.9 Å². The van der Waals surface area contributed by atoms with Crippen LogP contribution in [0.15, 0.2) is 21.6 Å². The van der Waals surface area contributed by atoms with Crippen molar-refractivity contribution >= 4 is 45.9 Å². The van der Waals surface area contributed by atoms with Gasteiger partial charge in [0.15, 0.2) is 17.5 Å². The van der Waals surface area contributed by atoms with Gasteiger partial charge in [-0.05, 0) is 47.5 Å². The van der Waals surface area contributed by atoms with Crippen molar-refractivity contribution < 1.29 is 14.2 Å². The lowest BCUT2D eigenvalue weighted by molar-refractivity contribution is 0.179. The molecule has 6 nitrogen and oxygen atoms in total. The third-order valence-electron chi connectivity index (χ3n) is 3.06. The topological polar surface area (TPSA) is 64.1 Å². The molecule has 2 N–H and O–H groups in total. The Balaban J connectivity index is 0.00000529. The zero-order valence-corrected chi connectivity index (χ0v) is 18.7. The van der Waals surface area contributed by atoms with Gasteiger partial charge < -0.3 is 24.8 Å². The fourth-order valence-electron chi connectivity index (χ4n) is 2.08. The van der Waals surface area contributed by atoms with Crippen molar-refractivity contribution in [3.05, 3.63) is 22.2 Å². The summed E-state index contributed by atoms with van der Waals surface area (Å²) >= 11 is 3.50. The van der Waals surface area contributed by atoms with Crippen LogP contribution in [-0.2, 0) is 11.3 Å². The van der Waals surface area contributed by atoms with Crippen molar-refractivity contribution in [1.29, 1.82) is 0 Å². The highest BCUT2D eigenvalue weighted by molar-refractivity contribution is 14.0. The van der Waals surface area contributed by atoms with Crippen molar-refractivity contribution in [2.45, 2.75) is 26.4 Å². The first-order valence-corrected chi connectivity index (χ1v) is 8.29. The van der Waals surface area contributed by atoms with Gasteiger partial charge in [0.1, 0.15) is 0 Å². The summed E-state index contributed by atoms with van der Waals surface area (Å²) in [4.78, 5) is 4.60. The van der Waals surface area contributed by atoms with Gasteiger partial charge in [0, 0.05) is 19.7 Å². The summed E-state index contributed by atoms with van der Waals surface area (Å²) in [6, 6.07) is 4.08. The molecule has 24 heavy (non-hydrogen) atoms. The summed E-state index contributed by atoms with van der Waals surface area (Å²) in [6.07, 6.45) is 0. The van der Waals surface area contributed by atoms with Crippen molar-refractivity contribution in [2.75, 3.05) is 34.5 Å². The Morgan fingerprint density at radius 1 is 1.25 bits per heavy atom. The smallest absolute Gasteiger partial charge is 0.191 e. The maximum absolute atomic E-state index is 5.36. The molecule has 0 aliphatic rings. The van der Waals surface area contributed by atoms with E-state index >= 15 is 0 Å². The molecule has 1 atom stereocenters. The fraction of sp³-hybridized carbons (Fsp3) is 0.562. The molecule has 0 bridgehead atoms. The molecule has 0 aromatic heterocycles. The third kappa shape index (κ3) is 7.43. The highest BCUT2D eigenvalue weighted by Gasteiger charge is 2.11. The minimum Gasteiger partial charge on any atom is -0.493 e. The minimum atomic E-state index is 0. The predicted octanol–water partition coefficient (Wildman–Crippen LogP) is 3.17. The number of ether oxygens (including phenoxy) is 3. The first-order chi connectivity index (χ1) is 11.0. The van der Waals surface area contributed by atoms with Gasteiger partial charge in [-0.25, -0.2) is 4.99 Å². The van der Waals surface area contributed by atoms with Gasteiger partial charge in [0.25, 0.3) is 0 Å². The van der Waals surface area contributed by atoms with Crippen LogP contribution < -0.4 is 20.1 Å². The Morgan fingerprint density at radius 3 is 2.50 bits per heavy atom. The van der Waals surface area contributed by atoms with Gasteiger partial charge >= 0.3 is 0 Å². The van der Waals surface area contributed by atoms with Crippen LogP contribution in [0.1, 0.15) is 19.4 Å². The number of methoxy groups -OCH3 is 3. The summed E-state index contributed by atoms with van der Waals surface area (Å²) in [5.74, 6) is 2.11. The molecule has 0 amide bonds. The Labute approximate surface area is 169 Å². The Bertz CT molecular complexity index is 530. The van der Waals surface area contributed by atoms with Crippen LogP contribution in [0.2, 0.25) is 0 Å². The summed E-state index contributed by atoms with van der Waals surface area (Å²) in [5.41, 5.74) is 1.02. The van der Waals surface area contributed by atoms with E-state index in [2.05, 4.69) is 31.6 Å². The third-order valence-corrected chi connectivity index (χ3v) is 3.65. The second kappa shape index (κ2) is 12.6. The normalized spacial score (nSPS) is 12.2. The van der Waals surface area contributed by atoms with Crippen LogP contribution in [0, 0.1) is 0 Å². The maximum atomic E-state index is 5.36. The van der Waals surface area contributed by atoms with E-state index in [-0.39, 0.29) is 30.0 Å². The molecule has 0 fully saturated rings. The molecule has 0 heterocycles. The predicted molar refractivity (Wildman–Crippen MR) is 112 cm³/mol. The van der Waals surface area contributed by atoms with E-state index in [1.807, 2.05) is 26.0 Å². The Kier molecular flexibility index (Phi) is 12.2. The molecule has 0 aliphatic heterocycles. The highest BCUT2D eigenvalue weighted by atomic mass is 127. The van der Waals surface area contributed by atoms with Crippen LogP contribution in [0.4, 0.5) is 0 Å². The number of hydrogen-bond acceptors (Lipinski definition) is 4. The van der Waals surface area contributed by atoms with Gasteiger partial charge in [-0.2, -0.15) is 0 Å². The molecule has 8 heteroatoms. The number of rotatable bonds is 8. The van der Waals surface area contributed by atoms with E-state index in [0.29, 0.717) is 24.7 Å². The number of guanidine groups is 1. The molecular formula is C16H27BrIN3O3. The molecule has 1 aromatic rings. The van der Waals surface area contributed by atoms with Gasteiger partial charge in [-0.15, -0.1) is 24.0 Å². The molecule has 138 valence electrons. The summed E-state index contributed by atoms with van der Waals surface area (Å²) in [5, 5.41) is 6.52. The zero-order valence-electron chi connectivity index (χ0n) is 14.8. The second-order valence-corrected chi connectivity index (χ2v) is 5.86. The highest BCUT2D eigenvalue weighted by Crippen LogP contribution is 2.36. The van der Waals surface area contributed by atoms with Crippen LogP contribution in [0.5, 0.6) is 11.5 Å². The minimum absolute atomic E-state index is 0. The molecule has 0 saturated heterocycles. The Hall–Kier alpha value is -0.740. The van der Waals surface area contributed by atoms with Crippen molar-refractivity contribution in [3.63, 3.8) is 0 Å². The van der Waals surface area contributed by atoms with E-state index in [9.17, 15) is 0 Å². The van der Waals surface area contributed by atoms with E-state index in [0.717, 1.165) is 22.5 Å². The Morgan fingerprint density at radius 2 is 1.96 bits per heavy atom. The number of aliphatic imine (C=N–C) groups is 1. The van der Waals surface area contributed by atoms with E-state index in [1.54, 1.807) is 21.3 Å². The van der Waals surface area contributed by atoms with E-state index in [4.69, 9.17) is 14.2 Å². The maximum Gasteiger partial charge on any atom is 0.191 e. The molecule has 0 radical (unpaired) electrons. The quantitative estimate of drug-likeness (QED) is 0.316. The van der Waals surface area contributed by atoms with Crippen LogP contribution in [-0.4, -0.2) is 46.5 Å². The molecule has 1 unspecified atom stereocenters. The molecular weight excluding hydrogens is 489 g/mol. The lowest BCUT2D eigenvalue weighted by Crippen LogP contribution is -2.43. The van der Waals surface area contributed by atoms with Crippen molar-refractivity contribution in [2.24, 2.45) is 4.99 Å². The SMILES string of the molecule is CCNC(=NCc1cc(Br)c(OC)c(OC)c1)NC(C)COC.I. The van der Waals surface area contributed by atoms with Crippen molar-refractivity contribution in [3.8, 4) is 11.5 Å². The van der Waals surface area contributed by atoms with Crippen LogP contribution in [0.25, 0.3) is 0 Å². The summed E-state index contributed by atoms with van der Waals surface area (Å²) in [7, 11) is 4.92. The average molecular weight is 516 g/mol. The molecule has 1 aromatic carbocycles. The molecule has 0 aliphatic carbocycles. The van der Waals surface area contributed by atoms with Gasteiger partial charge in [-0.3, -0.25) is 0 Å². The molecule has 0 saturated carbocycles. The average Bonchev–Trinajstić information content (AvgIpc) is 2.52. The molecule has 1 rings (SSSR count). The van der Waals surface area contributed by atoms with E-state index < -0.39 is 0 Å². The first kappa shape index (κ1) is 23.3. The zero-order chi connectivity index (χ0) is 17.2. The number of hydrogen-bond donors (Lipinski definition) is 2. The summed E-state index contributed by atoms with van der Waals surface area (Å²) in [6.45, 7) is 6.01. The van der Waals surface area contributed by atoms with Crippen LogP contribution in [0.3, 0.4) is 0 Å². The number of benzene rings is 1. The largest absolute Gasteiger partial charge is 0.493 e. The van der Waals surface area contributed by atoms with Gasteiger partial charge in [0.05, 0.1) is 31.8 Å². The van der Waals surface area contributed by atoms with Gasteiger partial charge in [-0.1, -0.05) is 0 Å². The number of halogens is 2. The fourth-order valence-corrected chi connectivity index (χ4v) is 2.73. The standard InChI is InChI=1S/C16H26BrN3O3.HI/c1-6-18-16(20-11(2)10-21-3)19-9-12-7-13(17)15(23-5)14(8-12)22-4;/h7-8,11H,6,9-10H2,1-5H3,(H2,18,19,20);1H. The lowest BCUT2D eigenvalue weighted by atomic mass is 10.2. The van der Waals surface area contributed by atoms with E-state index in [1.165, 1.54) is 0 Å². The van der Waals surface area contributed by atoms with Crippen molar-refractivity contribution in [1.82, 2.24) is 10.6 Å².